The van der Waals surface area contributed by atoms with Crippen molar-refractivity contribution in [2.24, 2.45) is 0 Å². The molecule has 0 saturated carbocycles. The van der Waals surface area contributed by atoms with Crippen molar-refractivity contribution < 1.29 is 14.3 Å². The third kappa shape index (κ3) is 3.01. The molecule has 25 heavy (non-hydrogen) atoms. The van der Waals surface area contributed by atoms with Gasteiger partial charge in [-0.15, -0.1) is 0 Å². The van der Waals surface area contributed by atoms with Crippen LogP contribution in [0, 0.1) is 0 Å². The fourth-order valence-electron chi connectivity index (χ4n) is 3.38. The average Bonchev–Trinajstić information content (AvgIpc) is 3.37. The fourth-order valence-corrected chi connectivity index (χ4v) is 4.04. The van der Waals surface area contributed by atoms with Crippen molar-refractivity contribution in [1.29, 1.82) is 0 Å². The summed E-state index contributed by atoms with van der Waals surface area (Å²) in [5, 5.41) is 18.6. The van der Waals surface area contributed by atoms with E-state index in [9.17, 15) is 9.90 Å². The Morgan fingerprint density at radius 3 is 2.80 bits per heavy atom. The minimum Gasteiger partial charge on any atom is -0.479 e. The van der Waals surface area contributed by atoms with Gasteiger partial charge in [0, 0.05) is 25.8 Å². The van der Waals surface area contributed by atoms with Gasteiger partial charge in [0.25, 0.3) is 0 Å². The number of likely N-dealkylation sites (tertiary alicyclic amines) is 1. The van der Waals surface area contributed by atoms with Crippen LogP contribution >= 0.6 is 11.3 Å². The number of hydrogen-bond acceptors (Lipinski definition) is 5. The maximum absolute atomic E-state index is 12.1. The number of carboxylic acids is 1. The highest BCUT2D eigenvalue weighted by Gasteiger charge is 2.44. The molecule has 0 bridgehead atoms. The first kappa shape index (κ1) is 16.1. The zero-order chi connectivity index (χ0) is 17.3. The molecule has 1 fully saturated rings. The van der Waals surface area contributed by atoms with Crippen molar-refractivity contribution in [2.45, 2.75) is 24.9 Å². The van der Waals surface area contributed by atoms with E-state index in [1.165, 1.54) is 5.56 Å². The summed E-state index contributed by atoms with van der Waals surface area (Å²) in [4.78, 5) is 14.4. The van der Waals surface area contributed by atoms with Crippen molar-refractivity contribution >= 4 is 17.3 Å². The molecule has 7 heteroatoms. The Labute approximate surface area is 149 Å². The van der Waals surface area contributed by atoms with Crippen LogP contribution in [0.3, 0.4) is 0 Å². The zero-order valence-electron chi connectivity index (χ0n) is 13.7. The molecule has 1 aliphatic rings. The molecule has 6 nitrogen and oxygen atoms in total. The minimum atomic E-state index is -0.990. The zero-order valence-corrected chi connectivity index (χ0v) is 14.5. The predicted octanol–water partition coefficient (Wildman–Crippen LogP) is 3.28. The van der Waals surface area contributed by atoms with E-state index in [1.54, 1.807) is 40.6 Å². The highest BCUT2D eigenvalue weighted by Crippen LogP contribution is 2.32. The van der Waals surface area contributed by atoms with Crippen molar-refractivity contribution in [2.75, 3.05) is 13.1 Å². The Morgan fingerprint density at radius 2 is 2.16 bits per heavy atom. The van der Waals surface area contributed by atoms with Gasteiger partial charge in [-0.1, -0.05) is 0 Å². The van der Waals surface area contributed by atoms with Gasteiger partial charge in [0.1, 0.15) is 5.69 Å². The molecule has 0 aliphatic carbocycles. The molecular weight excluding hydrogens is 338 g/mol. The first-order valence-electron chi connectivity index (χ1n) is 8.24. The maximum Gasteiger partial charge on any atom is 0.331 e. The predicted molar refractivity (Wildman–Crippen MR) is 94.4 cm³/mol. The van der Waals surface area contributed by atoms with Crippen LogP contribution in [0.5, 0.6) is 0 Å². The molecule has 0 aromatic carbocycles. The molecule has 1 saturated heterocycles. The summed E-state index contributed by atoms with van der Waals surface area (Å²) in [5.41, 5.74) is 0.953. The molecule has 130 valence electrons. The lowest BCUT2D eigenvalue weighted by Crippen LogP contribution is -2.51. The van der Waals surface area contributed by atoms with Gasteiger partial charge in [-0.05, 0) is 53.4 Å². The van der Waals surface area contributed by atoms with Crippen LogP contribution < -0.4 is 0 Å². The van der Waals surface area contributed by atoms with Gasteiger partial charge in [0.05, 0.1) is 6.26 Å². The Bertz CT molecular complexity index is 831. The van der Waals surface area contributed by atoms with E-state index in [1.807, 2.05) is 6.07 Å². The maximum atomic E-state index is 12.1. The largest absolute Gasteiger partial charge is 0.479 e. The number of aliphatic carboxylic acids is 1. The SMILES string of the molecule is O=C(O)C1(n2ccc(-c3ccco3)n2)CCN(Cc2ccsc2)CC1. The van der Waals surface area contributed by atoms with Gasteiger partial charge >= 0.3 is 5.97 Å². The molecule has 4 heterocycles. The summed E-state index contributed by atoms with van der Waals surface area (Å²) in [5.74, 6) is -0.175. The second-order valence-electron chi connectivity index (χ2n) is 6.37. The van der Waals surface area contributed by atoms with Crippen molar-refractivity contribution in [1.82, 2.24) is 14.7 Å². The van der Waals surface area contributed by atoms with E-state index in [0.717, 1.165) is 19.6 Å². The lowest BCUT2D eigenvalue weighted by Gasteiger charge is -2.38. The van der Waals surface area contributed by atoms with Gasteiger partial charge in [-0.3, -0.25) is 9.58 Å². The third-order valence-electron chi connectivity index (χ3n) is 4.87. The highest BCUT2D eigenvalue weighted by molar-refractivity contribution is 7.07. The second-order valence-corrected chi connectivity index (χ2v) is 7.15. The number of piperidine rings is 1. The van der Waals surface area contributed by atoms with Gasteiger partial charge in [0.15, 0.2) is 11.3 Å². The number of thiophene rings is 1. The number of carbonyl (C=O) groups is 1. The molecule has 3 aromatic rings. The van der Waals surface area contributed by atoms with Crippen LogP contribution in [0.15, 0.2) is 51.9 Å². The number of furan rings is 1. The van der Waals surface area contributed by atoms with Crippen LogP contribution in [-0.2, 0) is 16.9 Å². The summed E-state index contributed by atoms with van der Waals surface area (Å²) in [6.45, 7) is 2.34. The molecular formula is C18H19N3O3S. The Morgan fingerprint density at radius 1 is 1.32 bits per heavy atom. The van der Waals surface area contributed by atoms with Gasteiger partial charge in [0.2, 0.25) is 0 Å². The van der Waals surface area contributed by atoms with E-state index < -0.39 is 11.5 Å². The molecule has 3 aromatic heterocycles. The average molecular weight is 357 g/mol. The monoisotopic (exact) mass is 357 g/mol. The van der Waals surface area contributed by atoms with Crippen molar-refractivity contribution in [3.8, 4) is 11.5 Å². The summed E-state index contributed by atoms with van der Waals surface area (Å²) < 4.78 is 6.97. The summed E-state index contributed by atoms with van der Waals surface area (Å²) >= 11 is 1.69. The number of carboxylic acid groups (broad SMARTS) is 1. The van der Waals surface area contributed by atoms with E-state index in [4.69, 9.17) is 4.42 Å². The fraction of sp³-hybridized carbons (Fsp3) is 0.333. The summed E-state index contributed by atoms with van der Waals surface area (Å²) in [6.07, 6.45) is 4.41. The van der Waals surface area contributed by atoms with Crippen LogP contribution in [-0.4, -0.2) is 38.8 Å². The molecule has 1 aliphatic heterocycles. The summed E-state index contributed by atoms with van der Waals surface area (Å²) in [6, 6.07) is 7.54. The summed E-state index contributed by atoms with van der Waals surface area (Å²) in [7, 11) is 0. The molecule has 4 rings (SSSR count). The Balaban J connectivity index is 1.53. The lowest BCUT2D eigenvalue weighted by atomic mass is 9.87. The number of nitrogens with zero attached hydrogens (tertiary/aromatic N) is 3. The van der Waals surface area contributed by atoms with Crippen LogP contribution in [0.4, 0.5) is 0 Å². The van der Waals surface area contributed by atoms with E-state index in [2.05, 4.69) is 26.8 Å². The first-order chi connectivity index (χ1) is 12.2. The van der Waals surface area contributed by atoms with Crippen LogP contribution in [0.25, 0.3) is 11.5 Å². The number of rotatable bonds is 5. The molecule has 0 radical (unpaired) electrons. The van der Waals surface area contributed by atoms with Crippen molar-refractivity contribution in [3.63, 3.8) is 0 Å². The normalized spacial score (nSPS) is 17.6. The lowest BCUT2D eigenvalue weighted by molar-refractivity contribution is -0.151. The standard InChI is InChI=1S/C18H19N3O3S/c22-17(23)18(21-7-3-15(19-21)16-2-1-10-24-16)5-8-20(9-6-18)12-14-4-11-25-13-14/h1-4,7,10-11,13H,5-6,8-9,12H2,(H,22,23). The smallest absolute Gasteiger partial charge is 0.331 e. The molecule has 0 unspecified atom stereocenters. The number of hydrogen-bond donors (Lipinski definition) is 1. The quantitative estimate of drug-likeness (QED) is 0.759. The first-order valence-corrected chi connectivity index (χ1v) is 9.18. The highest BCUT2D eigenvalue weighted by atomic mass is 32.1. The molecule has 0 spiro atoms. The Kier molecular flexibility index (Phi) is 4.19. The Hall–Kier alpha value is -2.38. The van der Waals surface area contributed by atoms with Gasteiger partial charge < -0.3 is 9.52 Å². The van der Waals surface area contributed by atoms with E-state index in [-0.39, 0.29) is 0 Å². The van der Waals surface area contributed by atoms with Gasteiger partial charge in [-0.2, -0.15) is 16.4 Å². The van der Waals surface area contributed by atoms with Crippen LogP contribution in [0.2, 0.25) is 0 Å². The topological polar surface area (TPSA) is 71.5 Å². The molecule has 1 N–H and O–H groups in total. The second kappa shape index (κ2) is 6.50. The van der Waals surface area contributed by atoms with E-state index >= 15 is 0 Å². The number of aromatic nitrogens is 2. The third-order valence-corrected chi connectivity index (χ3v) is 5.60. The van der Waals surface area contributed by atoms with E-state index in [0.29, 0.717) is 24.3 Å². The van der Waals surface area contributed by atoms with Crippen LogP contribution in [0.1, 0.15) is 18.4 Å². The van der Waals surface area contributed by atoms with Crippen molar-refractivity contribution in [3.05, 3.63) is 53.0 Å². The van der Waals surface area contributed by atoms with Gasteiger partial charge in [-0.25, -0.2) is 4.79 Å². The minimum absolute atomic E-state index is 0.533. The molecule has 0 atom stereocenters. The molecule has 0 amide bonds.